The Morgan fingerprint density at radius 1 is 1.24 bits per heavy atom. The molecule has 0 unspecified atom stereocenters. The van der Waals surface area contributed by atoms with Gasteiger partial charge >= 0.3 is 0 Å². The fraction of sp³-hybridized carbons (Fsp3) is 0.133. The SMILES string of the molecule is COc1cc(-n2nnc(-c3ccccn3)n2)ccc1C[n+]1ncn[nH]1. The van der Waals surface area contributed by atoms with Gasteiger partial charge in [0, 0.05) is 17.8 Å². The Morgan fingerprint density at radius 3 is 2.96 bits per heavy atom. The smallest absolute Gasteiger partial charge is 0.296 e. The minimum absolute atomic E-state index is 0.459. The summed E-state index contributed by atoms with van der Waals surface area (Å²) in [6, 6.07) is 11.2. The molecule has 4 aromatic rings. The van der Waals surface area contributed by atoms with Gasteiger partial charge in [-0.2, -0.15) is 0 Å². The second-order valence-electron chi connectivity index (χ2n) is 5.13. The van der Waals surface area contributed by atoms with Crippen LogP contribution in [0.15, 0.2) is 48.9 Å². The third-order valence-electron chi connectivity index (χ3n) is 3.55. The number of hydrogen-bond donors (Lipinski definition) is 1. The minimum atomic E-state index is 0.459. The first kappa shape index (κ1) is 14.9. The van der Waals surface area contributed by atoms with E-state index in [2.05, 4.69) is 35.8 Å². The van der Waals surface area contributed by atoms with Gasteiger partial charge in [0.15, 0.2) is 6.54 Å². The number of H-pyrrole nitrogens is 1. The van der Waals surface area contributed by atoms with Gasteiger partial charge in [-0.1, -0.05) is 10.9 Å². The molecule has 4 rings (SSSR count). The maximum absolute atomic E-state index is 5.47. The third-order valence-corrected chi connectivity index (χ3v) is 3.55. The molecule has 0 atom stereocenters. The van der Waals surface area contributed by atoms with Crippen molar-refractivity contribution in [2.75, 3.05) is 7.11 Å². The van der Waals surface area contributed by atoms with Crippen LogP contribution in [-0.4, -0.2) is 47.7 Å². The molecule has 3 heterocycles. The predicted molar refractivity (Wildman–Crippen MR) is 84.6 cm³/mol. The lowest BCUT2D eigenvalue weighted by Gasteiger charge is -2.07. The summed E-state index contributed by atoms with van der Waals surface area (Å²) in [5, 5.41) is 23.1. The Morgan fingerprint density at radius 2 is 2.20 bits per heavy atom. The molecule has 0 aliphatic carbocycles. The summed E-state index contributed by atoms with van der Waals surface area (Å²) in [5.41, 5.74) is 2.34. The average Bonchev–Trinajstić information content (AvgIpc) is 3.35. The number of ether oxygens (including phenoxy) is 1. The van der Waals surface area contributed by atoms with Gasteiger partial charge in [0.2, 0.25) is 5.82 Å². The van der Waals surface area contributed by atoms with Crippen LogP contribution in [0.2, 0.25) is 0 Å². The number of aromatic nitrogens is 9. The normalized spacial score (nSPS) is 10.8. The molecular weight excluding hydrogens is 322 g/mol. The summed E-state index contributed by atoms with van der Waals surface area (Å²) in [5.74, 6) is 1.15. The largest absolute Gasteiger partial charge is 0.496 e. The second-order valence-corrected chi connectivity index (χ2v) is 5.13. The van der Waals surface area contributed by atoms with Crippen LogP contribution in [0.4, 0.5) is 0 Å². The first-order valence-corrected chi connectivity index (χ1v) is 7.48. The Bertz CT molecular complexity index is 966. The van der Waals surface area contributed by atoms with Gasteiger partial charge in [0.1, 0.15) is 11.4 Å². The van der Waals surface area contributed by atoms with Crippen molar-refractivity contribution in [1.29, 1.82) is 0 Å². The molecule has 0 amide bonds. The molecule has 0 aliphatic heterocycles. The van der Waals surface area contributed by atoms with Crippen LogP contribution in [0.5, 0.6) is 5.75 Å². The number of aromatic amines is 1. The van der Waals surface area contributed by atoms with Gasteiger partial charge in [-0.05, 0) is 39.8 Å². The van der Waals surface area contributed by atoms with Crippen molar-refractivity contribution in [1.82, 2.24) is 40.6 Å². The van der Waals surface area contributed by atoms with Gasteiger partial charge in [0.05, 0.1) is 17.9 Å². The van der Waals surface area contributed by atoms with Crippen LogP contribution < -0.4 is 9.53 Å². The van der Waals surface area contributed by atoms with Crippen molar-refractivity contribution in [3.8, 4) is 23.0 Å². The highest BCUT2D eigenvalue weighted by Gasteiger charge is 2.13. The van der Waals surface area contributed by atoms with Crippen molar-refractivity contribution in [3.05, 3.63) is 54.5 Å². The molecule has 25 heavy (non-hydrogen) atoms. The summed E-state index contributed by atoms with van der Waals surface area (Å²) >= 11 is 0. The summed E-state index contributed by atoms with van der Waals surface area (Å²) in [7, 11) is 1.61. The van der Waals surface area contributed by atoms with Crippen LogP contribution in [-0.2, 0) is 6.54 Å². The number of hydrogen-bond acceptors (Lipinski definition) is 7. The molecule has 0 saturated carbocycles. The number of rotatable bonds is 5. The fourth-order valence-electron chi connectivity index (χ4n) is 2.35. The Balaban J connectivity index is 1.64. The van der Waals surface area contributed by atoms with E-state index in [0.29, 0.717) is 23.8 Å². The Labute approximate surface area is 142 Å². The molecule has 3 aromatic heterocycles. The van der Waals surface area contributed by atoms with E-state index in [-0.39, 0.29) is 0 Å². The number of nitrogens with zero attached hydrogens (tertiary/aromatic N) is 8. The quantitative estimate of drug-likeness (QED) is 0.518. The highest BCUT2D eigenvalue weighted by molar-refractivity contribution is 5.48. The first-order valence-electron chi connectivity index (χ1n) is 7.48. The first-order chi connectivity index (χ1) is 12.3. The van der Waals surface area contributed by atoms with Crippen molar-refractivity contribution in [3.63, 3.8) is 0 Å². The molecule has 0 saturated heterocycles. The molecule has 124 valence electrons. The molecule has 0 spiro atoms. The topological polar surface area (TPSA) is 111 Å². The molecule has 10 nitrogen and oxygen atoms in total. The summed E-state index contributed by atoms with van der Waals surface area (Å²) in [6.45, 7) is 0.507. The van der Waals surface area contributed by atoms with Crippen LogP contribution >= 0.6 is 0 Å². The molecule has 10 heteroatoms. The molecule has 0 radical (unpaired) electrons. The lowest BCUT2D eigenvalue weighted by atomic mass is 10.2. The average molecular weight is 336 g/mol. The lowest BCUT2D eigenvalue weighted by Crippen LogP contribution is -2.39. The van der Waals surface area contributed by atoms with Gasteiger partial charge in [0.25, 0.3) is 6.33 Å². The predicted octanol–water partition coefficient (Wildman–Crippen LogP) is 0.187. The lowest BCUT2D eigenvalue weighted by molar-refractivity contribution is -0.798. The second kappa shape index (κ2) is 6.43. The molecule has 0 aliphatic rings. The maximum atomic E-state index is 5.47. The van der Waals surface area contributed by atoms with E-state index in [1.54, 1.807) is 18.1 Å². The van der Waals surface area contributed by atoms with Crippen molar-refractivity contribution < 1.29 is 9.53 Å². The summed E-state index contributed by atoms with van der Waals surface area (Å²) < 4.78 is 5.47. The number of tetrazole rings is 2. The van der Waals surface area contributed by atoms with E-state index in [1.807, 2.05) is 36.4 Å². The molecule has 1 N–H and O–H groups in total. The fourth-order valence-corrected chi connectivity index (χ4v) is 2.35. The van der Waals surface area contributed by atoms with E-state index in [0.717, 1.165) is 11.3 Å². The van der Waals surface area contributed by atoms with Crippen LogP contribution in [0.1, 0.15) is 5.56 Å². The minimum Gasteiger partial charge on any atom is -0.496 e. The van der Waals surface area contributed by atoms with Crippen molar-refractivity contribution in [2.45, 2.75) is 6.54 Å². The van der Waals surface area contributed by atoms with Crippen LogP contribution in [0.25, 0.3) is 17.2 Å². The standard InChI is InChI=1S/C15H13N9O/c1-25-14-8-12(6-5-11(14)9-23-18-10-17-21-23)24-20-15(19-22-24)13-4-2-3-7-16-13/h2-8,10H,9H2,1H3/p+1. The Kier molecular flexibility index (Phi) is 3.83. The number of nitrogens with one attached hydrogen (secondary N) is 1. The zero-order valence-electron chi connectivity index (χ0n) is 13.3. The van der Waals surface area contributed by atoms with Crippen molar-refractivity contribution >= 4 is 0 Å². The number of methoxy groups -OCH3 is 1. The Hall–Kier alpha value is -3.69. The van der Waals surface area contributed by atoms with Gasteiger partial charge in [-0.15, -0.1) is 15.0 Å². The van der Waals surface area contributed by atoms with Crippen molar-refractivity contribution in [2.24, 2.45) is 0 Å². The molecule has 0 bridgehead atoms. The highest BCUT2D eigenvalue weighted by atomic mass is 16.5. The van der Waals surface area contributed by atoms with E-state index < -0.39 is 0 Å². The highest BCUT2D eigenvalue weighted by Crippen LogP contribution is 2.22. The van der Waals surface area contributed by atoms with Gasteiger partial charge in [-0.3, -0.25) is 4.98 Å². The third kappa shape index (κ3) is 3.04. The van der Waals surface area contributed by atoms with Crippen LogP contribution in [0.3, 0.4) is 0 Å². The molecule has 1 aromatic carbocycles. The molecular formula is C15H14N9O+. The number of pyridine rings is 1. The summed E-state index contributed by atoms with van der Waals surface area (Å²) in [6.07, 6.45) is 3.13. The van der Waals surface area contributed by atoms with E-state index >= 15 is 0 Å². The van der Waals surface area contributed by atoms with Gasteiger partial charge in [-0.25, -0.2) is 0 Å². The molecule has 0 fully saturated rings. The van der Waals surface area contributed by atoms with E-state index in [1.165, 1.54) is 11.1 Å². The van der Waals surface area contributed by atoms with Crippen LogP contribution in [0, 0.1) is 0 Å². The number of benzene rings is 1. The zero-order valence-corrected chi connectivity index (χ0v) is 13.3. The summed E-state index contributed by atoms with van der Waals surface area (Å²) in [4.78, 5) is 7.27. The zero-order chi connectivity index (χ0) is 17.1. The van der Waals surface area contributed by atoms with E-state index in [4.69, 9.17) is 4.74 Å². The monoisotopic (exact) mass is 336 g/mol. The van der Waals surface area contributed by atoms with E-state index in [9.17, 15) is 0 Å². The van der Waals surface area contributed by atoms with Gasteiger partial charge < -0.3 is 4.74 Å². The maximum Gasteiger partial charge on any atom is 0.296 e.